The van der Waals surface area contributed by atoms with Gasteiger partial charge in [-0.25, -0.2) is 4.79 Å². The van der Waals surface area contributed by atoms with Crippen LogP contribution in [0.15, 0.2) is 91.0 Å². The molecule has 11 heteroatoms. The maximum Gasteiger partial charge on any atom is 0.453 e. The summed E-state index contributed by atoms with van der Waals surface area (Å²) < 4.78 is 73.2. The molecule has 0 saturated heterocycles. The van der Waals surface area contributed by atoms with Gasteiger partial charge in [-0.1, -0.05) is 36.4 Å². The average molecular weight is 625 g/mol. The average Bonchev–Trinajstić information content (AvgIpc) is 2.99. The van der Waals surface area contributed by atoms with Crippen molar-refractivity contribution in [3.63, 3.8) is 0 Å². The second kappa shape index (κ2) is 13.6. The topological polar surface area (TPSA) is 105 Å². The fourth-order valence-corrected chi connectivity index (χ4v) is 4.42. The van der Waals surface area contributed by atoms with Gasteiger partial charge < -0.3 is 20.9 Å². The van der Waals surface area contributed by atoms with Gasteiger partial charge in [0.25, 0.3) is 0 Å². The summed E-state index contributed by atoms with van der Waals surface area (Å²) in [5.74, 6) is -5.34. The monoisotopic (exact) mass is 624 g/mol. The number of nitrogens with two attached hydrogens (primary N) is 2. The van der Waals surface area contributed by atoms with Crippen LogP contribution in [-0.2, 0) is 0 Å². The highest BCUT2D eigenvalue weighted by molar-refractivity contribution is 6.12. The highest BCUT2D eigenvalue weighted by Gasteiger charge is 2.56. The zero-order valence-electron chi connectivity index (χ0n) is 24.0. The molecule has 0 unspecified atom stereocenters. The molecule has 0 aromatic heterocycles. The lowest BCUT2D eigenvalue weighted by Gasteiger charge is -2.19. The van der Waals surface area contributed by atoms with E-state index in [1.165, 1.54) is 42.5 Å². The molecule has 45 heavy (non-hydrogen) atoms. The predicted molar refractivity (Wildman–Crippen MR) is 162 cm³/mol. The third-order valence-electron chi connectivity index (χ3n) is 6.89. The zero-order valence-corrected chi connectivity index (χ0v) is 24.0. The van der Waals surface area contributed by atoms with Gasteiger partial charge in [-0.3, -0.25) is 4.79 Å². The second-order valence-corrected chi connectivity index (χ2v) is 10.2. The van der Waals surface area contributed by atoms with E-state index in [0.717, 1.165) is 16.7 Å². The maximum absolute atomic E-state index is 13.1. The molecular weight excluding hydrogens is 595 g/mol. The zero-order chi connectivity index (χ0) is 32.8. The van der Waals surface area contributed by atoms with E-state index in [9.17, 15) is 31.5 Å². The first kappa shape index (κ1) is 32.7. The molecule has 4 aromatic rings. The number of hydrogen-bond acceptors (Lipinski definition) is 6. The Morgan fingerprint density at radius 2 is 1.42 bits per heavy atom. The van der Waals surface area contributed by atoms with E-state index in [1.54, 1.807) is 36.4 Å². The summed E-state index contributed by atoms with van der Waals surface area (Å²) in [6.07, 6.45) is -4.48. The van der Waals surface area contributed by atoms with Crippen molar-refractivity contribution in [1.29, 1.82) is 0 Å². The Morgan fingerprint density at radius 1 is 0.800 bits per heavy atom. The van der Waals surface area contributed by atoms with E-state index in [0.29, 0.717) is 22.5 Å². The normalized spacial score (nSPS) is 11.9. The Kier molecular flexibility index (Phi) is 9.91. The number of alkyl halides is 5. The van der Waals surface area contributed by atoms with Crippen molar-refractivity contribution in [3.8, 4) is 22.6 Å². The number of ketones is 1. The maximum atomic E-state index is 13.1. The molecule has 234 valence electrons. The van der Waals surface area contributed by atoms with Gasteiger partial charge in [0.15, 0.2) is 5.78 Å². The fourth-order valence-electron chi connectivity index (χ4n) is 4.42. The fraction of sp³-hybridized carbons (Fsp3) is 0.176. The van der Waals surface area contributed by atoms with Crippen molar-refractivity contribution in [2.24, 2.45) is 0 Å². The predicted octanol–water partition coefficient (Wildman–Crippen LogP) is 8.30. The minimum Gasteiger partial charge on any atom is -0.494 e. The smallest absolute Gasteiger partial charge is 0.453 e. The first-order valence-electron chi connectivity index (χ1n) is 13.7. The van der Waals surface area contributed by atoms with Gasteiger partial charge in [0.1, 0.15) is 11.5 Å². The Bertz CT molecular complexity index is 1680. The molecule has 4 rings (SSSR count). The summed E-state index contributed by atoms with van der Waals surface area (Å²) in [4.78, 5) is 25.7. The SMILES string of the molecule is Cc1c(-c2ccc(N)cc2)ccc(N)c1C(=O)/C=C/c1ccc(C(=O)Oc2ccc(OCCCC(F)(F)C(F)(F)F)cc2)cc1. The Balaban J connectivity index is 1.32. The van der Waals surface area contributed by atoms with Crippen LogP contribution in [0.2, 0.25) is 0 Å². The number of benzene rings is 4. The van der Waals surface area contributed by atoms with Gasteiger partial charge in [-0.05, 0) is 96.3 Å². The molecule has 0 radical (unpaired) electrons. The number of anilines is 2. The lowest BCUT2D eigenvalue weighted by Crippen LogP contribution is -2.36. The molecule has 6 nitrogen and oxygen atoms in total. The largest absolute Gasteiger partial charge is 0.494 e. The highest BCUT2D eigenvalue weighted by Crippen LogP contribution is 2.38. The summed E-state index contributed by atoms with van der Waals surface area (Å²) in [5.41, 5.74) is 16.7. The second-order valence-electron chi connectivity index (χ2n) is 10.2. The number of allylic oxidation sites excluding steroid dienone is 1. The van der Waals surface area contributed by atoms with Gasteiger partial charge in [-0.15, -0.1) is 0 Å². The Labute approximate surface area is 256 Å². The first-order chi connectivity index (χ1) is 21.2. The van der Waals surface area contributed by atoms with Crippen LogP contribution in [0.1, 0.15) is 44.7 Å². The van der Waals surface area contributed by atoms with Crippen molar-refractivity contribution in [1.82, 2.24) is 0 Å². The van der Waals surface area contributed by atoms with E-state index in [-0.39, 0.29) is 29.5 Å². The van der Waals surface area contributed by atoms with Gasteiger partial charge in [-0.2, -0.15) is 22.0 Å². The summed E-state index contributed by atoms with van der Waals surface area (Å²) in [6, 6.07) is 22.8. The Morgan fingerprint density at radius 3 is 2.04 bits per heavy atom. The van der Waals surface area contributed by atoms with E-state index in [1.807, 2.05) is 25.1 Å². The number of hydrogen-bond donors (Lipinski definition) is 2. The van der Waals surface area contributed by atoms with E-state index in [4.69, 9.17) is 20.9 Å². The number of esters is 1. The molecule has 0 fully saturated rings. The standard InChI is InChI=1S/C34H29F5N2O4/c1-21-28(23-8-10-25(40)11-9-23)16-17-29(41)31(21)30(42)18-5-22-3-6-24(7-4-22)32(43)45-27-14-12-26(13-15-27)44-20-2-19-33(35,36)34(37,38)39/h3-18H,2,19-20,40-41H2,1H3/b18-5+. The van der Waals surface area contributed by atoms with Crippen LogP contribution in [0.3, 0.4) is 0 Å². The molecule has 0 saturated carbocycles. The quantitative estimate of drug-likeness (QED) is 0.0331. The van der Waals surface area contributed by atoms with Crippen molar-refractivity contribution in [2.75, 3.05) is 18.1 Å². The molecule has 4 aromatic carbocycles. The summed E-state index contributed by atoms with van der Waals surface area (Å²) in [5, 5.41) is 0. The molecular formula is C34H29F5N2O4. The molecule has 0 amide bonds. The van der Waals surface area contributed by atoms with E-state index >= 15 is 0 Å². The lowest BCUT2D eigenvalue weighted by molar-refractivity contribution is -0.284. The Hall–Kier alpha value is -5.19. The summed E-state index contributed by atoms with van der Waals surface area (Å²) in [7, 11) is 0. The molecule has 0 aliphatic rings. The lowest BCUT2D eigenvalue weighted by atomic mass is 9.93. The number of halogens is 5. The van der Waals surface area contributed by atoms with Crippen LogP contribution in [0.4, 0.5) is 33.3 Å². The van der Waals surface area contributed by atoms with Gasteiger partial charge >= 0.3 is 18.1 Å². The van der Waals surface area contributed by atoms with E-state index in [2.05, 4.69) is 0 Å². The minimum absolute atomic E-state index is 0.166. The highest BCUT2D eigenvalue weighted by atomic mass is 19.4. The van der Waals surface area contributed by atoms with Crippen molar-refractivity contribution >= 4 is 29.2 Å². The molecule has 0 atom stereocenters. The van der Waals surface area contributed by atoms with Crippen LogP contribution in [-0.4, -0.2) is 30.5 Å². The molecule has 0 aliphatic heterocycles. The third-order valence-corrected chi connectivity index (χ3v) is 6.89. The molecule has 0 heterocycles. The molecule has 0 spiro atoms. The van der Waals surface area contributed by atoms with Crippen molar-refractivity contribution < 1.29 is 41.0 Å². The van der Waals surface area contributed by atoms with Gasteiger partial charge in [0.2, 0.25) is 0 Å². The number of carbonyl (C=O) groups excluding carboxylic acids is 2. The summed E-state index contributed by atoms with van der Waals surface area (Å²) in [6.45, 7) is 1.48. The van der Waals surface area contributed by atoms with Crippen LogP contribution in [0, 0.1) is 6.92 Å². The number of ether oxygens (including phenoxy) is 2. The summed E-state index contributed by atoms with van der Waals surface area (Å²) >= 11 is 0. The van der Waals surface area contributed by atoms with E-state index < -0.39 is 30.9 Å². The van der Waals surface area contributed by atoms with Crippen LogP contribution >= 0.6 is 0 Å². The van der Waals surface area contributed by atoms with Crippen LogP contribution in [0.25, 0.3) is 17.2 Å². The van der Waals surface area contributed by atoms with Gasteiger partial charge in [0.05, 0.1) is 12.2 Å². The third kappa shape index (κ3) is 8.26. The minimum atomic E-state index is -5.60. The molecule has 0 aliphatic carbocycles. The first-order valence-corrected chi connectivity index (χ1v) is 13.7. The number of rotatable bonds is 11. The van der Waals surface area contributed by atoms with Crippen LogP contribution < -0.4 is 20.9 Å². The van der Waals surface area contributed by atoms with Gasteiger partial charge in [0, 0.05) is 23.4 Å². The number of nitrogen functional groups attached to an aromatic ring is 2. The van der Waals surface area contributed by atoms with Crippen molar-refractivity contribution in [2.45, 2.75) is 31.9 Å². The number of carbonyl (C=O) groups is 2. The van der Waals surface area contributed by atoms with Crippen LogP contribution in [0.5, 0.6) is 11.5 Å². The van der Waals surface area contributed by atoms with Crippen molar-refractivity contribution in [3.05, 3.63) is 113 Å². The molecule has 0 bridgehead atoms. The molecule has 4 N–H and O–H groups in total.